The Balaban J connectivity index is 1.25. The van der Waals surface area contributed by atoms with Crippen molar-refractivity contribution in [2.45, 2.75) is 44.6 Å². The minimum Gasteiger partial charge on any atom is -0.353 e. The molecule has 1 heterocycles. The summed E-state index contributed by atoms with van der Waals surface area (Å²) < 4.78 is 0. The molecule has 0 atom stereocenters. The third-order valence-electron chi connectivity index (χ3n) is 5.72. The highest BCUT2D eigenvalue weighted by Crippen LogP contribution is 2.30. The van der Waals surface area contributed by atoms with Crippen LogP contribution in [0.4, 0.5) is 0 Å². The summed E-state index contributed by atoms with van der Waals surface area (Å²) in [6.45, 7) is 0. The highest BCUT2D eigenvalue weighted by molar-refractivity contribution is 7.13. The van der Waals surface area contributed by atoms with Crippen LogP contribution in [0.15, 0.2) is 66.0 Å². The Morgan fingerprint density at radius 3 is 2.52 bits per heavy atom. The lowest BCUT2D eigenvalue weighted by molar-refractivity contribution is -0.121. The number of carbonyl (C=O) groups is 1. The lowest BCUT2D eigenvalue weighted by Gasteiger charge is -2.29. The summed E-state index contributed by atoms with van der Waals surface area (Å²) in [6.07, 6.45) is 6.00. The first-order valence-corrected chi connectivity index (χ1v) is 11.6. The van der Waals surface area contributed by atoms with Crippen molar-refractivity contribution in [2.24, 2.45) is 5.92 Å². The van der Waals surface area contributed by atoms with Gasteiger partial charge in [-0.1, -0.05) is 54.1 Å². The SMILES string of the molecule is O=C(Cc1cccc(Cl)c1)NC1CCC(Cc2cccc(-c3cccs3)c2)CC1. The Kier molecular flexibility index (Phi) is 6.68. The first-order chi connectivity index (χ1) is 14.2. The second-order valence-electron chi connectivity index (χ2n) is 7.97. The first-order valence-electron chi connectivity index (χ1n) is 10.3. The molecule has 1 saturated carbocycles. The van der Waals surface area contributed by atoms with Gasteiger partial charge in [0.25, 0.3) is 0 Å². The summed E-state index contributed by atoms with van der Waals surface area (Å²) in [5.74, 6) is 0.800. The quantitative estimate of drug-likeness (QED) is 0.479. The summed E-state index contributed by atoms with van der Waals surface area (Å²) >= 11 is 7.80. The molecule has 1 aromatic heterocycles. The van der Waals surface area contributed by atoms with Gasteiger partial charge in [0, 0.05) is 15.9 Å². The minimum atomic E-state index is 0.0966. The third-order valence-corrected chi connectivity index (χ3v) is 6.88. The minimum absolute atomic E-state index is 0.0966. The van der Waals surface area contributed by atoms with E-state index in [1.165, 1.54) is 28.8 Å². The van der Waals surface area contributed by atoms with Crippen LogP contribution in [0.5, 0.6) is 0 Å². The largest absolute Gasteiger partial charge is 0.353 e. The average molecular weight is 424 g/mol. The van der Waals surface area contributed by atoms with Crippen LogP contribution in [0, 0.1) is 5.92 Å². The number of benzene rings is 2. The molecule has 0 radical (unpaired) electrons. The molecule has 2 aromatic carbocycles. The van der Waals surface area contributed by atoms with E-state index in [0.29, 0.717) is 23.4 Å². The lowest BCUT2D eigenvalue weighted by Crippen LogP contribution is -2.38. The van der Waals surface area contributed by atoms with Crippen molar-refractivity contribution >= 4 is 28.8 Å². The molecule has 150 valence electrons. The Morgan fingerprint density at radius 2 is 1.76 bits per heavy atom. The normalized spacial score (nSPS) is 19.1. The van der Waals surface area contributed by atoms with Crippen molar-refractivity contribution < 1.29 is 4.79 Å². The number of amides is 1. The van der Waals surface area contributed by atoms with Gasteiger partial charge in [0.15, 0.2) is 0 Å². The Labute approximate surface area is 181 Å². The molecule has 4 heteroatoms. The number of nitrogens with one attached hydrogen (secondary N) is 1. The van der Waals surface area contributed by atoms with Gasteiger partial charge in [-0.05, 0) is 78.3 Å². The zero-order valence-electron chi connectivity index (χ0n) is 16.4. The predicted molar refractivity (Wildman–Crippen MR) is 123 cm³/mol. The van der Waals surface area contributed by atoms with Crippen molar-refractivity contribution in [3.63, 3.8) is 0 Å². The predicted octanol–water partition coefficient (Wildman–Crippen LogP) is 6.53. The van der Waals surface area contributed by atoms with Crippen LogP contribution < -0.4 is 5.32 Å². The maximum Gasteiger partial charge on any atom is 0.224 e. The van der Waals surface area contributed by atoms with Gasteiger partial charge in [0.05, 0.1) is 6.42 Å². The van der Waals surface area contributed by atoms with Crippen LogP contribution in [-0.2, 0) is 17.6 Å². The molecule has 2 nitrogen and oxygen atoms in total. The van der Waals surface area contributed by atoms with Gasteiger partial charge < -0.3 is 5.32 Å². The van der Waals surface area contributed by atoms with Gasteiger partial charge >= 0.3 is 0 Å². The topological polar surface area (TPSA) is 29.1 Å². The molecule has 1 amide bonds. The van der Waals surface area contributed by atoms with E-state index >= 15 is 0 Å². The third kappa shape index (κ3) is 5.71. The zero-order valence-corrected chi connectivity index (χ0v) is 18.0. The maximum atomic E-state index is 12.4. The van der Waals surface area contributed by atoms with E-state index < -0.39 is 0 Å². The molecule has 0 spiro atoms. The summed E-state index contributed by atoms with van der Waals surface area (Å²) in [5, 5.41) is 6.03. The Morgan fingerprint density at radius 1 is 0.966 bits per heavy atom. The fourth-order valence-electron chi connectivity index (χ4n) is 4.25. The standard InChI is InChI=1S/C25H26ClNOS/c26-22-7-2-5-20(16-22)17-25(28)27-23-11-9-18(10-12-23)14-19-4-1-6-21(15-19)24-8-3-13-29-24/h1-8,13,15-16,18,23H,9-12,14,17H2,(H,27,28). The number of hydrogen-bond acceptors (Lipinski definition) is 2. The molecule has 29 heavy (non-hydrogen) atoms. The number of hydrogen-bond donors (Lipinski definition) is 1. The van der Waals surface area contributed by atoms with Gasteiger partial charge in [0.2, 0.25) is 5.91 Å². The smallest absolute Gasteiger partial charge is 0.224 e. The number of rotatable bonds is 6. The molecule has 0 unspecified atom stereocenters. The van der Waals surface area contributed by atoms with Crippen LogP contribution in [0.2, 0.25) is 5.02 Å². The fraction of sp³-hybridized carbons (Fsp3) is 0.320. The highest BCUT2D eigenvalue weighted by Gasteiger charge is 2.22. The van der Waals surface area contributed by atoms with Gasteiger partial charge in [-0.2, -0.15) is 0 Å². The van der Waals surface area contributed by atoms with E-state index in [4.69, 9.17) is 11.6 Å². The highest BCUT2D eigenvalue weighted by atomic mass is 35.5. The van der Waals surface area contributed by atoms with Crippen molar-refractivity contribution in [1.29, 1.82) is 0 Å². The zero-order chi connectivity index (χ0) is 20.1. The molecule has 0 aliphatic heterocycles. The Bertz CT molecular complexity index is 945. The van der Waals surface area contributed by atoms with Gasteiger partial charge in [0.1, 0.15) is 0 Å². The lowest BCUT2D eigenvalue weighted by atomic mass is 9.82. The van der Waals surface area contributed by atoms with E-state index in [1.54, 1.807) is 11.3 Å². The van der Waals surface area contributed by atoms with Crippen LogP contribution in [0.3, 0.4) is 0 Å². The van der Waals surface area contributed by atoms with Gasteiger partial charge in [-0.15, -0.1) is 11.3 Å². The molecule has 4 rings (SSSR count). The van der Waals surface area contributed by atoms with E-state index in [0.717, 1.165) is 24.8 Å². The van der Waals surface area contributed by atoms with Crippen LogP contribution in [0.1, 0.15) is 36.8 Å². The summed E-state index contributed by atoms with van der Waals surface area (Å²) in [5.41, 5.74) is 3.71. The van der Waals surface area contributed by atoms with Crippen LogP contribution in [0.25, 0.3) is 10.4 Å². The molecule has 1 aliphatic rings. The van der Waals surface area contributed by atoms with Crippen molar-refractivity contribution in [2.75, 3.05) is 0 Å². The summed E-state index contributed by atoms with van der Waals surface area (Å²) in [7, 11) is 0. The van der Waals surface area contributed by atoms with Crippen molar-refractivity contribution in [3.05, 3.63) is 82.2 Å². The van der Waals surface area contributed by atoms with E-state index in [1.807, 2.05) is 24.3 Å². The summed E-state index contributed by atoms with van der Waals surface area (Å²) in [6, 6.07) is 21.1. The van der Waals surface area contributed by atoms with Crippen molar-refractivity contribution in [3.8, 4) is 10.4 Å². The maximum absolute atomic E-state index is 12.4. The molecule has 0 bridgehead atoms. The van der Waals surface area contributed by atoms with Gasteiger partial charge in [-0.3, -0.25) is 4.79 Å². The molecular weight excluding hydrogens is 398 g/mol. The van der Waals surface area contributed by atoms with E-state index in [9.17, 15) is 4.79 Å². The Hall–Kier alpha value is -2.10. The molecule has 1 N–H and O–H groups in total. The second kappa shape index (κ2) is 9.60. The fourth-order valence-corrected chi connectivity index (χ4v) is 5.19. The molecular formula is C25H26ClNOS. The van der Waals surface area contributed by atoms with E-state index in [-0.39, 0.29) is 5.91 Å². The first kappa shape index (κ1) is 20.2. The molecule has 1 fully saturated rings. The molecule has 0 saturated heterocycles. The number of thiophene rings is 1. The monoisotopic (exact) mass is 423 g/mol. The molecule has 1 aliphatic carbocycles. The van der Waals surface area contributed by atoms with E-state index in [2.05, 4.69) is 47.1 Å². The van der Waals surface area contributed by atoms with Crippen molar-refractivity contribution in [1.82, 2.24) is 5.32 Å². The van der Waals surface area contributed by atoms with Gasteiger partial charge in [-0.25, -0.2) is 0 Å². The molecule has 3 aromatic rings. The van der Waals surface area contributed by atoms with Crippen LogP contribution in [-0.4, -0.2) is 11.9 Å². The van der Waals surface area contributed by atoms with Crippen LogP contribution >= 0.6 is 22.9 Å². The summed E-state index contributed by atoms with van der Waals surface area (Å²) in [4.78, 5) is 13.7. The number of halogens is 1. The number of carbonyl (C=O) groups excluding carboxylic acids is 1. The second-order valence-corrected chi connectivity index (χ2v) is 9.36. The average Bonchev–Trinajstić information content (AvgIpc) is 3.25.